The highest BCUT2D eigenvalue weighted by Gasteiger charge is 2.32. The lowest BCUT2D eigenvalue weighted by Gasteiger charge is -2.38. The van der Waals surface area contributed by atoms with Crippen molar-refractivity contribution >= 4 is 18.0 Å². The molecule has 1 saturated heterocycles. The Bertz CT molecular complexity index is 1030. The number of hydrogen-bond donors (Lipinski definition) is 2. The first-order valence-corrected chi connectivity index (χ1v) is 12.3. The molecule has 2 atom stereocenters. The number of carbonyl (C=O) groups is 3. The van der Waals surface area contributed by atoms with Crippen molar-refractivity contribution in [2.75, 3.05) is 32.8 Å². The minimum absolute atomic E-state index is 0.0437. The number of piperazine rings is 1. The van der Waals surface area contributed by atoms with Gasteiger partial charge in [0.1, 0.15) is 18.7 Å². The van der Waals surface area contributed by atoms with Crippen molar-refractivity contribution in [1.82, 2.24) is 15.1 Å². The van der Waals surface area contributed by atoms with Gasteiger partial charge in [0.2, 0.25) is 5.91 Å². The first-order valence-electron chi connectivity index (χ1n) is 12.3. The quantitative estimate of drug-likeness (QED) is 0.603. The number of ether oxygens (including phenoxy) is 1. The number of carboxylic acid groups (broad SMARTS) is 1. The topological polar surface area (TPSA) is 99.2 Å². The third-order valence-corrected chi connectivity index (χ3v) is 7.04. The lowest BCUT2D eigenvalue weighted by molar-refractivity contribution is -0.144. The number of benzene rings is 2. The predicted molar refractivity (Wildman–Crippen MR) is 132 cm³/mol. The minimum Gasteiger partial charge on any atom is -0.480 e. The van der Waals surface area contributed by atoms with Gasteiger partial charge in [-0.1, -0.05) is 61.9 Å². The van der Waals surface area contributed by atoms with Crippen molar-refractivity contribution in [1.29, 1.82) is 0 Å². The Morgan fingerprint density at radius 1 is 1.00 bits per heavy atom. The monoisotopic (exact) mass is 479 g/mol. The molecule has 1 fully saturated rings. The van der Waals surface area contributed by atoms with Gasteiger partial charge < -0.3 is 20.1 Å². The van der Waals surface area contributed by atoms with Gasteiger partial charge in [-0.2, -0.15) is 0 Å². The Morgan fingerprint density at radius 2 is 1.57 bits per heavy atom. The van der Waals surface area contributed by atoms with Gasteiger partial charge in [-0.05, 0) is 35.6 Å². The summed E-state index contributed by atoms with van der Waals surface area (Å²) in [5.74, 6) is -1.06. The van der Waals surface area contributed by atoms with Crippen molar-refractivity contribution in [2.24, 2.45) is 0 Å². The third-order valence-electron chi connectivity index (χ3n) is 7.04. The Hall–Kier alpha value is -3.39. The summed E-state index contributed by atoms with van der Waals surface area (Å²) in [6.07, 6.45) is 0.641. The average molecular weight is 480 g/mol. The fourth-order valence-corrected chi connectivity index (χ4v) is 5.03. The molecule has 2 aromatic carbocycles. The molecule has 1 aliphatic carbocycles. The molecule has 2 unspecified atom stereocenters. The molecule has 0 spiro atoms. The van der Waals surface area contributed by atoms with E-state index in [1.807, 2.05) is 36.1 Å². The van der Waals surface area contributed by atoms with E-state index in [0.717, 1.165) is 28.7 Å². The number of fused-ring (bicyclic) bond motifs is 3. The number of aliphatic carboxylic acids is 1. The molecule has 2 N–H and O–H groups in total. The van der Waals surface area contributed by atoms with Crippen molar-refractivity contribution in [2.45, 2.75) is 44.7 Å². The molecule has 2 amide bonds. The van der Waals surface area contributed by atoms with Gasteiger partial charge in [0.25, 0.3) is 0 Å². The molecule has 0 aromatic heterocycles. The summed E-state index contributed by atoms with van der Waals surface area (Å²) < 4.78 is 5.63. The average Bonchev–Trinajstić information content (AvgIpc) is 3.20. The van der Waals surface area contributed by atoms with E-state index in [1.54, 1.807) is 11.8 Å². The van der Waals surface area contributed by atoms with Crippen LogP contribution >= 0.6 is 0 Å². The Labute approximate surface area is 205 Å². The molecule has 0 radical (unpaired) electrons. The van der Waals surface area contributed by atoms with Crippen LogP contribution in [0.15, 0.2) is 48.5 Å². The molecule has 1 aliphatic heterocycles. The molecule has 4 rings (SSSR count). The standard InChI is InChI=1S/C27H33N3O5/c1-3-8-24(25(31)30-15-13-29(14-16-30)18(2)26(32)33)28-27(34)35-17-23-21-11-6-4-9-19(21)20-10-5-7-12-22(20)23/h4-7,9-12,18,23-24H,3,8,13-17H2,1-2H3,(H,28,34)(H,32,33). The number of nitrogens with zero attached hydrogens (tertiary/aromatic N) is 2. The van der Waals surface area contributed by atoms with Crippen LogP contribution in [0.5, 0.6) is 0 Å². The van der Waals surface area contributed by atoms with E-state index in [4.69, 9.17) is 4.74 Å². The van der Waals surface area contributed by atoms with E-state index in [1.165, 1.54) is 0 Å². The molecule has 0 saturated carbocycles. The number of nitrogens with one attached hydrogen (secondary N) is 1. The predicted octanol–water partition coefficient (Wildman–Crippen LogP) is 3.31. The highest BCUT2D eigenvalue weighted by molar-refractivity contribution is 5.86. The largest absolute Gasteiger partial charge is 0.480 e. The van der Waals surface area contributed by atoms with Crippen LogP contribution in [0.1, 0.15) is 43.7 Å². The van der Waals surface area contributed by atoms with Crippen molar-refractivity contribution in [3.63, 3.8) is 0 Å². The summed E-state index contributed by atoms with van der Waals surface area (Å²) in [4.78, 5) is 40.7. The van der Waals surface area contributed by atoms with Crippen molar-refractivity contribution < 1.29 is 24.2 Å². The van der Waals surface area contributed by atoms with Gasteiger partial charge in [0.15, 0.2) is 0 Å². The zero-order chi connectivity index (χ0) is 24.9. The Morgan fingerprint density at radius 3 is 2.11 bits per heavy atom. The maximum atomic E-state index is 13.1. The van der Waals surface area contributed by atoms with Crippen LogP contribution in [0, 0.1) is 0 Å². The number of amides is 2. The van der Waals surface area contributed by atoms with Gasteiger partial charge in [0, 0.05) is 32.1 Å². The number of carbonyl (C=O) groups excluding carboxylic acids is 2. The lowest BCUT2D eigenvalue weighted by atomic mass is 9.98. The molecule has 1 heterocycles. The fourth-order valence-electron chi connectivity index (χ4n) is 5.03. The van der Waals surface area contributed by atoms with Crippen LogP contribution in [0.4, 0.5) is 4.79 Å². The van der Waals surface area contributed by atoms with Gasteiger partial charge in [0.05, 0.1) is 0 Å². The Kier molecular flexibility index (Phi) is 7.70. The summed E-state index contributed by atoms with van der Waals surface area (Å²) in [6, 6.07) is 15.0. The number of hydrogen-bond acceptors (Lipinski definition) is 5. The molecule has 2 aromatic rings. The smallest absolute Gasteiger partial charge is 0.407 e. The second-order valence-electron chi connectivity index (χ2n) is 9.19. The van der Waals surface area contributed by atoms with Crippen LogP contribution in [-0.4, -0.2) is 77.7 Å². The first kappa shape index (κ1) is 24.7. The van der Waals surface area contributed by atoms with Gasteiger partial charge in [-0.25, -0.2) is 4.79 Å². The van der Waals surface area contributed by atoms with Crippen LogP contribution in [-0.2, 0) is 14.3 Å². The van der Waals surface area contributed by atoms with Crippen LogP contribution < -0.4 is 5.32 Å². The SMILES string of the molecule is CCCC(NC(=O)OCC1c2ccccc2-c2ccccc21)C(=O)N1CCN(C(C)C(=O)O)CC1. The Balaban J connectivity index is 1.35. The van der Waals surface area contributed by atoms with Crippen LogP contribution in [0.2, 0.25) is 0 Å². The second kappa shape index (κ2) is 10.9. The summed E-state index contributed by atoms with van der Waals surface area (Å²) >= 11 is 0. The lowest BCUT2D eigenvalue weighted by Crippen LogP contribution is -2.57. The highest BCUT2D eigenvalue weighted by Crippen LogP contribution is 2.44. The summed E-state index contributed by atoms with van der Waals surface area (Å²) in [5, 5.41) is 12.0. The summed E-state index contributed by atoms with van der Waals surface area (Å²) in [5.41, 5.74) is 4.59. The number of rotatable bonds is 8. The number of alkyl carbamates (subject to hydrolysis) is 1. The van der Waals surface area contributed by atoms with Crippen molar-refractivity contribution in [3.05, 3.63) is 59.7 Å². The molecule has 8 nitrogen and oxygen atoms in total. The van der Waals surface area contributed by atoms with Crippen molar-refractivity contribution in [3.8, 4) is 11.1 Å². The molecular weight excluding hydrogens is 446 g/mol. The van der Waals surface area contributed by atoms with E-state index in [9.17, 15) is 19.5 Å². The van der Waals surface area contributed by atoms with Gasteiger partial charge >= 0.3 is 12.1 Å². The molecular formula is C27H33N3O5. The summed E-state index contributed by atoms with van der Waals surface area (Å²) in [6.45, 7) is 5.65. The molecule has 2 aliphatic rings. The second-order valence-corrected chi connectivity index (χ2v) is 9.19. The normalized spacial score (nSPS) is 17.3. The molecule has 35 heavy (non-hydrogen) atoms. The third kappa shape index (κ3) is 5.32. The van der Waals surface area contributed by atoms with Gasteiger partial charge in [-0.15, -0.1) is 0 Å². The molecule has 186 valence electrons. The minimum atomic E-state index is -0.870. The van der Waals surface area contributed by atoms with E-state index >= 15 is 0 Å². The van der Waals surface area contributed by atoms with Gasteiger partial charge in [-0.3, -0.25) is 14.5 Å². The molecule has 8 heteroatoms. The van der Waals surface area contributed by atoms with Crippen LogP contribution in [0.3, 0.4) is 0 Å². The first-order chi connectivity index (χ1) is 16.9. The molecule has 0 bridgehead atoms. The zero-order valence-electron chi connectivity index (χ0n) is 20.3. The summed E-state index contributed by atoms with van der Waals surface area (Å²) in [7, 11) is 0. The fraction of sp³-hybridized carbons (Fsp3) is 0.444. The number of carboxylic acids is 1. The van der Waals surface area contributed by atoms with E-state index < -0.39 is 24.1 Å². The zero-order valence-corrected chi connectivity index (χ0v) is 20.3. The maximum Gasteiger partial charge on any atom is 0.407 e. The van der Waals surface area contributed by atoms with E-state index in [2.05, 4.69) is 29.6 Å². The van der Waals surface area contributed by atoms with E-state index in [-0.39, 0.29) is 18.4 Å². The maximum absolute atomic E-state index is 13.1. The van der Waals surface area contributed by atoms with Crippen LogP contribution in [0.25, 0.3) is 11.1 Å². The van der Waals surface area contributed by atoms with E-state index in [0.29, 0.717) is 32.6 Å². The highest BCUT2D eigenvalue weighted by atomic mass is 16.5.